The molecule has 3 aliphatic rings. The molecule has 2 aromatic heterocycles. The van der Waals surface area contributed by atoms with Crippen molar-refractivity contribution in [1.29, 1.82) is 0 Å². The van der Waals surface area contributed by atoms with E-state index in [2.05, 4.69) is 95.6 Å². The number of hydrogen-bond acceptors (Lipinski definition) is 6. The Labute approximate surface area is 289 Å². The van der Waals surface area contributed by atoms with Crippen LogP contribution in [-0.4, -0.2) is 19.9 Å². The van der Waals surface area contributed by atoms with Crippen LogP contribution in [0, 0.1) is 0 Å². The van der Waals surface area contributed by atoms with Crippen molar-refractivity contribution in [1.82, 2.24) is 19.9 Å². The van der Waals surface area contributed by atoms with Crippen LogP contribution in [-0.2, 0) is 25.9 Å². The first-order valence-electron chi connectivity index (χ1n) is 17.6. The SMILES string of the molecule is c1ccc2nc3c(nc2c1)-c1cccc2c(NCc4ccc(CNc5ccc6c7c(cccc57)-c5nc7c(nc5-6)CCCC7)cc4)ccc-3c12. The first-order valence-corrected chi connectivity index (χ1v) is 17.6. The second kappa shape index (κ2) is 10.7. The fourth-order valence-corrected chi connectivity index (χ4v) is 8.32. The molecule has 0 spiro atoms. The van der Waals surface area contributed by atoms with Crippen LogP contribution < -0.4 is 10.6 Å². The third kappa shape index (κ3) is 4.14. The van der Waals surface area contributed by atoms with Crippen LogP contribution in [0.3, 0.4) is 0 Å². The molecule has 11 rings (SSSR count). The van der Waals surface area contributed by atoms with Gasteiger partial charge in [0.15, 0.2) is 0 Å². The number of aryl methyl sites for hydroxylation is 2. The normalized spacial score (nSPS) is 13.4. The minimum absolute atomic E-state index is 0.737. The molecule has 6 nitrogen and oxygen atoms in total. The summed E-state index contributed by atoms with van der Waals surface area (Å²) in [5.74, 6) is 0. The van der Waals surface area contributed by atoms with Crippen molar-refractivity contribution in [2.75, 3.05) is 10.6 Å². The summed E-state index contributed by atoms with van der Waals surface area (Å²) >= 11 is 0. The standard InChI is InChI=1S/C44H32N6/c1-3-13-37-35(11-1)47-41-29-9-5-7-27-33(21-19-31(39(27)29)43(41)49-37)45-23-25-15-17-26(18-16-25)24-46-34-22-20-32-40-28(34)8-6-10-30(40)42-44(32)50-38-14-4-2-12-36(38)48-42/h1,3,5-11,13,15-22,45-46H,2,4,12,14,23-24H2. The van der Waals surface area contributed by atoms with Crippen LogP contribution in [0.1, 0.15) is 35.4 Å². The predicted octanol–water partition coefficient (Wildman–Crippen LogP) is 10.1. The predicted molar refractivity (Wildman–Crippen MR) is 203 cm³/mol. The Morgan fingerprint density at radius 1 is 0.420 bits per heavy atom. The van der Waals surface area contributed by atoms with Gasteiger partial charge < -0.3 is 10.6 Å². The van der Waals surface area contributed by atoms with Crippen molar-refractivity contribution in [3.8, 4) is 45.0 Å². The summed E-state index contributed by atoms with van der Waals surface area (Å²) in [6.07, 6.45) is 4.49. The minimum atomic E-state index is 0.737. The molecular formula is C44H32N6. The Kier molecular flexibility index (Phi) is 5.93. The highest BCUT2D eigenvalue weighted by molar-refractivity contribution is 6.18. The molecule has 0 bridgehead atoms. The Morgan fingerprint density at radius 3 is 1.34 bits per heavy atom. The molecule has 0 saturated carbocycles. The first kappa shape index (κ1) is 27.8. The summed E-state index contributed by atoms with van der Waals surface area (Å²) in [6, 6.07) is 38.9. The molecule has 0 unspecified atom stereocenters. The van der Waals surface area contributed by atoms with Crippen LogP contribution in [0.25, 0.3) is 77.6 Å². The molecule has 0 amide bonds. The van der Waals surface area contributed by atoms with E-state index in [1.165, 1.54) is 68.0 Å². The van der Waals surface area contributed by atoms with Gasteiger partial charge >= 0.3 is 0 Å². The van der Waals surface area contributed by atoms with Crippen molar-refractivity contribution in [3.05, 3.63) is 132 Å². The molecule has 8 aromatic rings. The maximum absolute atomic E-state index is 5.15. The third-order valence-electron chi connectivity index (χ3n) is 10.8. The summed E-state index contributed by atoms with van der Waals surface area (Å²) in [4.78, 5) is 20.3. The van der Waals surface area contributed by atoms with Crippen LogP contribution in [0.15, 0.2) is 109 Å². The lowest BCUT2D eigenvalue weighted by Gasteiger charge is -2.15. The average molecular weight is 645 g/mol. The van der Waals surface area contributed by atoms with Crippen molar-refractivity contribution in [3.63, 3.8) is 0 Å². The highest BCUT2D eigenvalue weighted by Gasteiger charge is 2.28. The van der Waals surface area contributed by atoms with E-state index in [0.29, 0.717) is 0 Å². The molecule has 0 radical (unpaired) electrons. The van der Waals surface area contributed by atoms with Gasteiger partial charge in [-0.05, 0) is 61.1 Å². The van der Waals surface area contributed by atoms with Gasteiger partial charge in [0.2, 0.25) is 0 Å². The van der Waals surface area contributed by atoms with Crippen LogP contribution in [0.5, 0.6) is 0 Å². The minimum Gasteiger partial charge on any atom is -0.380 e. The van der Waals surface area contributed by atoms with Gasteiger partial charge in [0.1, 0.15) is 0 Å². The van der Waals surface area contributed by atoms with Gasteiger partial charge in [0.25, 0.3) is 0 Å². The van der Waals surface area contributed by atoms with Crippen LogP contribution in [0.2, 0.25) is 0 Å². The van der Waals surface area contributed by atoms with Gasteiger partial charge in [-0.3, -0.25) is 0 Å². The van der Waals surface area contributed by atoms with E-state index < -0.39 is 0 Å². The lowest BCUT2D eigenvalue weighted by atomic mass is 10.00. The van der Waals surface area contributed by atoms with Gasteiger partial charge in [-0.25, -0.2) is 19.9 Å². The lowest BCUT2D eigenvalue weighted by molar-refractivity contribution is 0.651. The summed E-state index contributed by atoms with van der Waals surface area (Å²) in [7, 11) is 0. The largest absolute Gasteiger partial charge is 0.380 e. The molecule has 3 aliphatic carbocycles. The average Bonchev–Trinajstić information content (AvgIpc) is 3.66. The van der Waals surface area contributed by atoms with Crippen molar-refractivity contribution in [2.24, 2.45) is 0 Å². The zero-order chi connectivity index (χ0) is 32.8. The number of anilines is 2. The summed E-state index contributed by atoms with van der Waals surface area (Å²) in [5, 5.41) is 12.4. The van der Waals surface area contributed by atoms with Gasteiger partial charge in [-0.2, -0.15) is 0 Å². The molecule has 2 N–H and O–H groups in total. The number of para-hydroxylation sites is 2. The molecule has 0 atom stereocenters. The Balaban J connectivity index is 0.821. The zero-order valence-electron chi connectivity index (χ0n) is 27.4. The topological polar surface area (TPSA) is 75.6 Å². The summed E-state index contributed by atoms with van der Waals surface area (Å²) in [5.41, 5.74) is 17.8. The molecule has 0 saturated heterocycles. The van der Waals surface area contributed by atoms with E-state index in [0.717, 1.165) is 82.2 Å². The maximum Gasteiger partial charge on any atom is 0.0979 e. The van der Waals surface area contributed by atoms with Gasteiger partial charge in [-0.15, -0.1) is 0 Å². The second-order valence-electron chi connectivity index (χ2n) is 13.7. The smallest absolute Gasteiger partial charge is 0.0979 e. The third-order valence-corrected chi connectivity index (χ3v) is 10.8. The van der Waals surface area contributed by atoms with Gasteiger partial charge in [0, 0.05) is 68.3 Å². The molecule has 6 heteroatoms. The first-order chi connectivity index (χ1) is 24.8. The summed E-state index contributed by atoms with van der Waals surface area (Å²) in [6.45, 7) is 1.48. The number of fused-ring (bicyclic) bond motifs is 8. The molecular weight excluding hydrogens is 613 g/mol. The van der Waals surface area contributed by atoms with E-state index in [4.69, 9.17) is 19.9 Å². The molecule has 2 heterocycles. The molecule has 0 fully saturated rings. The summed E-state index contributed by atoms with van der Waals surface area (Å²) < 4.78 is 0. The maximum atomic E-state index is 5.15. The Morgan fingerprint density at radius 2 is 0.860 bits per heavy atom. The molecule has 0 aliphatic heterocycles. The van der Waals surface area contributed by atoms with Crippen molar-refractivity contribution in [2.45, 2.75) is 38.8 Å². The fourth-order valence-electron chi connectivity index (χ4n) is 8.32. The second-order valence-corrected chi connectivity index (χ2v) is 13.7. The highest BCUT2D eigenvalue weighted by Crippen LogP contribution is 2.49. The number of nitrogens with zero attached hydrogens (tertiary/aromatic N) is 4. The number of rotatable bonds is 6. The van der Waals surface area contributed by atoms with E-state index in [-0.39, 0.29) is 0 Å². The van der Waals surface area contributed by atoms with E-state index in [9.17, 15) is 0 Å². The van der Waals surface area contributed by atoms with Crippen LogP contribution >= 0.6 is 0 Å². The number of nitrogens with one attached hydrogen (secondary N) is 2. The molecule has 6 aromatic carbocycles. The molecule has 238 valence electrons. The van der Waals surface area contributed by atoms with E-state index >= 15 is 0 Å². The number of aromatic nitrogens is 4. The van der Waals surface area contributed by atoms with E-state index in [1.807, 2.05) is 24.3 Å². The van der Waals surface area contributed by atoms with Gasteiger partial charge in [-0.1, -0.05) is 84.9 Å². The van der Waals surface area contributed by atoms with Crippen molar-refractivity contribution >= 4 is 44.0 Å². The zero-order valence-corrected chi connectivity index (χ0v) is 27.4. The quantitative estimate of drug-likeness (QED) is 0.188. The van der Waals surface area contributed by atoms with Gasteiger partial charge in [0.05, 0.1) is 45.2 Å². The number of benzene rings is 6. The lowest BCUT2D eigenvalue weighted by Crippen LogP contribution is -2.09. The monoisotopic (exact) mass is 644 g/mol. The van der Waals surface area contributed by atoms with Crippen molar-refractivity contribution < 1.29 is 0 Å². The van der Waals surface area contributed by atoms with Crippen LogP contribution in [0.4, 0.5) is 11.4 Å². The highest BCUT2D eigenvalue weighted by atomic mass is 14.9. The molecule has 50 heavy (non-hydrogen) atoms. The Hall–Kier alpha value is -6.14. The fraction of sp³-hybridized carbons (Fsp3) is 0.136. The number of hydrogen-bond donors (Lipinski definition) is 2. The van der Waals surface area contributed by atoms with E-state index in [1.54, 1.807) is 0 Å². The Bertz CT molecular complexity index is 2630.